The maximum atomic E-state index is 12.6. The van der Waals surface area contributed by atoms with Crippen LogP contribution in [0, 0.1) is 5.41 Å². The molecule has 1 aromatic heterocycles. The number of anilines is 1. The number of para-hydroxylation sites is 1. The second-order valence-corrected chi connectivity index (χ2v) is 7.54. The molecule has 0 saturated heterocycles. The van der Waals surface area contributed by atoms with E-state index >= 15 is 0 Å². The lowest BCUT2D eigenvalue weighted by molar-refractivity contribution is 0.250. The molecule has 1 aliphatic carbocycles. The molecule has 138 valence electrons. The summed E-state index contributed by atoms with van der Waals surface area (Å²) in [6.45, 7) is 4.93. The number of benzene rings is 2. The highest BCUT2D eigenvalue weighted by Gasteiger charge is 2.59. The Balaban J connectivity index is 1.43. The van der Waals surface area contributed by atoms with E-state index in [1.165, 1.54) is 11.9 Å². The minimum atomic E-state index is -0.183. The molecule has 0 unspecified atom stereocenters. The molecule has 0 radical (unpaired) electrons. The zero-order valence-electron chi connectivity index (χ0n) is 15.5. The predicted octanol–water partition coefficient (Wildman–Crippen LogP) is 3.64. The van der Waals surface area contributed by atoms with Gasteiger partial charge in [-0.2, -0.15) is 5.10 Å². The van der Waals surface area contributed by atoms with Crippen LogP contribution in [0.25, 0.3) is 0 Å². The van der Waals surface area contributed by atoms with Crippen LogP contribution in [0.15, 0.2) is 67.3 Å². The highest BCUT2D eigenvalue weighted by Crippen LogP contribution is 2.58. The van der Waals surface area contributed by atoms with Gasteiger partial charge >= 0.3 is 6.03 Å². The van der Waals surface area contributed by atoms with Crippen molar-refractivity contribution in [2.75, 3.05) is 5.32 Å². The third-order valence-electron chi connectivity index (χ3n) is 5.34. The monoisotopic (exact) mass is 361 g/mol. The number of hydrogen-bond acceptors (Lipinski definition) is 3. The topological polar surface area (TPSA) is 71.8 Å². The van der Waals surface area contributed by atoms with E-state index in [4.69, 9.17) is 0 Å². The summed E-state index contributed by atoms with van der Waals surface area (Å²) in [7, 11) is 0. The highest BCUT2D eigenvalue weighted by molar-refractivity contribution is 5.90. The van der Waals surface area contributed by atoms with Crippen LogP contribution < -0.4 is 10.6 Å². The smallest absolute Gasteiger partial charge is 0.319 e. The van der Waals surface area contributed by atoms with Gasteiger partial charge in [-0.25, -0.2) is 14.5 Å². The minimum absolute atomic E-state index is 0.0406. The summed E-state index contributed by atoms with van der Waals surface area (Å²) in [6.07, 6.45) is 3.16. The van der Waals surface area contributed by atoms with Gasteiger partial charge in [-0.1, -0.05) is 62.4 Å². The molecule has 2 aromatic carbocycles. The van der Waals surface area contributed by atoms with E-state index in [0.29, 0.717) is 12.5 Å². The van der Waals surface area contributed by atoms with E-state index in [1.54, 1.807) is 11.0 Å². The fourth-order valence-electron chi connectivity index (χ4n) is 3.76. The van der Waals surface area contributed by atoms with E-state index in [-0.39, 0.29) is 17.5 Å². The lowest BCUT2D eigenvalue weighted by atomic mass is 10.0. The average Bonchev–Trinajstić information content (AvgIpc) is 3.00. The van der Waals surface area contributed by atoms with Gasteiger partial charge in [0.15, 0.2) is 0 Å². The Bertz CT molecular complexity index is 921. The number of nitrogens with one attached hydrogen (secondary N) is 2. The third-order valence-corrected chi connectivity index (χ3v) is 5.34. The van der Waals surface area contributed by atoms with Crippen LogP contribution in [0.4, 0.5) is 10.5 Å². The van der Waals surface area contributed by atoms with Gasteiger partial charge in [-0.15, -0.1) is 0 Å². The van der Waals surface area contributed by atoms with Gasteiger partial charge in [0.2, 0.25) is 0 Å². The molecule has 1 heterocycles. The summed E-state index contributed by atoms with van der Waals surface area (Å²) in [5, 5.41) is 10.3. The first-order valence-electron chi connectivity index (χ1n) is 9.08. The van der Waals surface area contributed by atoms with Crippen LogP contribution in [0.3, 0.4) is 0 Å². The van der Waals surface area contributed by atoms with Crippen molar-refractivity contribution in [2.24, 2.45) is 5.41 Å². The molecular weight excluding hydrogens is 338 g/mol. The van der Waals surface area contributed by atoms with Crippen LogP contribution in [0.2, 0.25) is 0 Å². The number of aromatic nitrogens is 3. The normalized spacial score (nSPS) is 20.1. The minimum Gasteiger partial charge on any atom is -0.334 e. The van der Waals surface area contributed by atoms with Crippen molar-refractivity contribution in [1.82, 2.24) is 20.1 Å². The number of urea groups is 1. The van der Waals surface area contributed by atoms with Crippen molar-refractivity contribution < 1.29 is 4.79 Å². The molecule has 2 N–H and O–H groups in total. The second kappa shape index (κ2) is 6.87. The highest BCUT2D eigenvalue weighted by atomic mass is 16.2. The first kappa shape index (κ1) is 17.3. The van der Waals surface area contributed by atoms with Crippen LogP contribution in [-0.2, 0) is 6.54 Å². The Hall–Kier alpha value is -3.15. The summed E-state index contributed by atoms with van der Waals surface area (Å²) in [5.41, 5.74) is 3.06. The summed E-state index contributed by atoms with van der Waals surface area (Å²) in [4.78, 5) is 16.6. The van der Waals surface area contributed by atoms with Crippen molar-refractivity contribution >= 4 is 11.7 Å². The molecule has 4 rings (SSSR count). The second-order valence-electron chi connectivity index (χ2n) is 7.54. The van der Waals surface area contributed by atoms with Crippen molar-refractivity contribution in [3.05, 3.63) is 78.4 Å². The van der Waals surface area contributed by atoms with Crippen LogP contribution in [0.5, 0.6) is 0 Å². The Kier molecular flexibility index (Phi) is 4.39. The van der Waals surface area contributed by atoms with Crippen molar-refractivity contribution in [3.63, 3.8) is 0 Å². The molecule has 6 nitrogen and oxygen atoms in total. The lowest BCUT2D eigenvalue weighted by Gasteiger charge is -2.12. The molecule has 0 aliphatic heterocycles. The van der Waals surface area contributed by atoms with E-state index in [0.717, 1.165) is 11.3 Å². The molecule has 1 saturated carbocycles. The largest absolute Gasteiger partial charge is 0.334 e. The fraction of sp³-hybridized carbons (Fsp3) is 0.286. The van der Waals surface area contributed by atoms with Gasteiger partial charge in [-0.05, 0) is 22.6 Å². The predicted molar refractivity (Wildman–Crippen MR) is 104 cm³/mol. The van der Waals surface area contributed by atoms with E-state index < -0.39 is 0 Å². The molecule has 27 heavy (non-hydrogen) atoms. The van der Waals surface area contributed by atoms with Crippen LogP contribution >= 0.6 is 0 Å². The first-order chi connectivity index (χ1) is 13.1. The fourth-order valence-corrected chi connectivity index (χ4v) is 3.76. The van der Waals surface area contributed by atoms with Gasteiger partial charge in [0, 0.05) is 17.6 Å². The molecule has 3 aromatic rings. The maximum Gasteiger partial charge on any atom is 0.319 e. The molecule has 1 aliphatic rings. The molecule has 0 spiro atoms. The van der Waals surface area contributed by atoms with Gasteiger partial charge < -0.3 is 10.6 Å². The standard InChI is InChI=1S/C21H23N5O/c1-21(2)18(15-8-4-3-5-9-15)19(21)25-20(27)24-17-11-7-6-10-16(17)12-26-14-22-13-23-26/h3-11,13-14,18-19H,12H2,1-2H3,(H2,24,25,27)/t18-,19-/m0/s1. The number of amides is 2. The number of hydrogen-bond donors (Lipinski definition) is 2. The molecular formula is C21H23N5O. The van der Waals surface area contributed by atoms with Gasteiger partial charge in [0.1, 0.15) is 12.7 Å². The molecule has 0 bridgehead atoms. The average molecular weight is 361 g/mol. The summed E-state index contributed by atoms with van der Waals surface area (Å²) < 4.78 is 1.73. The number of carbonyl (C=O) groups excluding carboxylic acids is 1. The summed E-state index contributed by atoms with van der Waals surface area (Å²) in [6, 6.07) is 18.0. The lowest BCUT2D eigenvalue weighted by Crippen LogP contribution is -2.33. The number of nitrogens with zero attached hydrogens (tertiary/aromatic N) is 3. The van der Waals surface area contributed by atoms with E-state index in [2.05, 4.69) is 46.7 Å². The van der Waals surface area contributed by atoms with E-state index in [9.17, 15) is 4.79 Å². The first-order valence-corrected chi connectivity index (χ1v) is 9.08. The van der Waals surface area contributed by atoms with Crippen molar-refractivity contribution in [2.45, 2.75) is 32.4 Å². The zero-order valence-corrected chi connectivity index (χ0v) is 15.5. The molecule has 6 heteroatoms. The SMILES string of the molecule is CC1(C)[C@@H](NC(=O)Nc2ccccc2Cn2cncn2)[C@@H]1c1ccccc1. The number of carbonyl (C=O) groups is 1. The van der Waals surface area contributed by atoms with Gasteiger partial charge in [0.25, 0.3) is 0 Å². The van der Waals surface area contributed by atoms with E-state index in [1.807, 2.05) is 42.5 Å². The summed E-state index contributed by atoms with van der Waals surface area (Å²) in [5.74, 6) is 0.329. The Labute approximate surface area is 158 Å². The Morgan fingerprint density at radius 1 is 1.11 bits per heavy atom. The molecule has 2 atom stereocenters. The molecule has 1 fully saturated rings. The number of rotatable bonds is 5. The van der Waals surface area contributed by atoms with Crippen molar-refractivity contribution in [3.8, 4) is 0 Å². The quantitative estimate of drug-likeness (QED) is 0.729. The summed E-state index contributed by atoms with van der Waals surface area (Å²) >= 11 is 0. The van der Waals surface area contributed by atoms with Gasteiger partial charge in [-0.3, -0.25) is 0 Å². The van der Waals surface area contributed by atoms with Gasteiger partial charge in [0.05, 0.1) is 6.54 Å². The van der Waals surface area contributed by atoms with Crippen LogP contribution in [0.1, 0.15) is 30.9 Å². The van der Waals surface area contributed by atoms with Crippen LogP contribution in [-0.4, -0.2) is 26.8 Å². The van der Waals surface area contributed by atoms with Crippen molar-refractivity contribution in [1.29, 1.82) is 0 Å². The zero-order chi connectivity index (χ0) is 18.9. The third kappa shape index (κ3) is 3.56. The maximum absolute atomic E-state index is 12.6. The Morgan fingerprint density at radius 2 is 1.85 bits per heavy atom. The Morgan fingerprint density at radius 3 is 2.59 bits per heavy atom. The molecule has 2 amide bonds.